The highest BCUT2D eigenvalue weighted by Crippen LogP contribution is 2.13. The normalized spacial score (nSPS) is 13.1. The molecule has 1 unspecified atom stereocenters. The third kappa shape index (κ3) is 3.80. The summed E-state index contributed by atoms with van der Waals surface area (Å²) in [4.78, 5) is 11.5. The number of anilines is 1. The fourth-order valence-electron chi connectivity index (χ4n) is 1.25. The van der Waals surface area contributed by atoms with Crippen LogP contribution in [0.15, 0.2) is 29.2 Å². The summed E-state index contributed by atoms with van der Waals surface area (Å²) in [6, 6.07) is 5.27. The summed E-state index contributed by atoms with van der Waals surface area (Å²) < 4.78 is 25.7. The van der Waals surface area contributed by atoms with E-state index in [1.807, 2.05) is 0 Å². The number of sulfonamides is 1. The lowest BCUT2D eigenvalue weighted by Crippen LogP contribution is -2.32. The fraction of sp³-hybridized carbons (Fsp3) is 0.364. The largest absolute Gasteiger partial charge is 0.325 e. The van der Waals surface area contributed by atoms with E-state index in [0.717, 1.165) is 0 Å². The molecule has 1 aromatic carbocycles. The second-order valence-corrected chi connectivity index (χ2v) is 5.57. The van der Waals surface area contributed by atoms with Crippen LogP contribution in [-0.2, 0) is 14.8 Å². The zero-order valence-corrected chi connectivity index (χ0v) is 11.1. The topological polar surface area (TPSA) is 101 Å². The lowest BCUT2D eigenvalue weighted by atomic mass is 10.3. The Balaban J connectivity index is 2.84. The molecule has 1 rings (SSSR count). The molecule has 0 aromatic heterocycles. The zero-order chi connectivity index (χ0) is 13.8. The first-order valence-electron chi connectivity index (χ1n) is 5.53. The third-order valence-electron chi connectivity index (χ3n) is 2.18. The van der Waals surface area contributed by atoms with Crippen LogP contribution in [-0.4, -0.2) is 26.9 Å². The Labute approximate surface area is 107 Å². The predicted molar refractivity (Wildman–Crippen MR) is 69.6 cm³/mol. The van der Waals surface area contributed by atoms with Gasteiger partial charge < -0.3 is 11.1 Å². The van der Waals surface area contributed by atoms with E-state index in [1.165, 1.54) is 24.3 Å². The second kappa shape index (κ2) is 5.94. The quantitative estimate of drug-likeness (QED) is 0.715. The number of amides is 1. The molecule has 0 bridgehead atoms. The number of hydrogen-bond donors (Lipinski definition) is 3. The van der Waals surface area contributed by atoms with Gasteiger partial charge in [-0.15, -0.1) is 0 Å². The van der Waals surface area contributed by atoms with Crippen LogP contribution in [0, 0.1) is 0 Å². The summed E-state index contributed by atoms with van der Waals surface area (Å²) in [5.41, 5.74) is 5.91. The molecule has 6 nitrogen and oxygen atoms in total. The predicted octanol–water partition coefficient (Wildman–Crippen LogP) is 0.271. The second-order valence-electron chi connectivity index (χ2n) is 3.80. The van der Waals surface area contributed by atoms with Crippen LogP contribution in [0.25, 0.3) is 0 Å². The van der Waals surface area contributed by atoms with Crippen molar-refractivity contribution in [2.24, 2.45) is 5.73 Å². The Morgan fingerprint density at radius 2 is 1.89 bits per heavy atom. The third-order valence-corrected chi connectivity index (χ3v) is 3.74. The first-order valence-corrected chi connectivity index (χ1v) is 7.01. The Kier molecular flexibility index (Phi) is 4.83. The lowest BCUT2D eigenvalue weighted by molar-refractivity contribution is -0.117. The summed E-state index contributed by atoms with van der Waals surface area (Å²) >= 11 is 0. The number of hydrogen-bond acceptors (Lipinski definition) is 4. The molecule has 100 valence electrons. The van der Waals surface area contributed by atoms with Crippen molar-refractivity contribution >= 4 is 21.6 Å². The van der Waals surface area contributed by atoms with Crippen molar-refractivity contribution in [3.63, 3.8) is 0 Å². The number of benzene rings is 1. The van der Waals surface area contributed by atoms with E-state index < -0.39 is 16.1 Å². The molecule has 0 spiro atoms. The molecule has 0 saturated carbocycles. The van der Waals surface area contributed by atoms with Crippen LogP contribution in [0.2, 0.25) is 0 Å². The molecule has 0 aliphatic rings. The number of carbonyl (C=O) groups is 1. The average Bonchev–Trinajstić information content (AvgIpc) is 2.29. The lowest BCUT2D eigenvalue weighted by Gasteiger charge is -2.09. The first-order chi connectivity index (χ1) is 8.36. The number of nitrogens with two attached hydrogens (primary N) is 1. The highest BCUT2D eigenvalue weighted by molar-refractivity contribution is 7.89. The maximum atomic E-state index is 11.7. The van der Waals surface area contributed by atoms with Gasteiger partial charge in [-0.05, 0) is 31.2 Å². The molecule has 0 radical (unpaired) electrons. The SMILES string of the molecule is CCNS(=O)(=O)c1ccc(NC(=O)C(C)N)cc1. The van der Waals surface area contributed by atoms with Crippen molar-refractivity contribution in [2.45, 2.75) is 24.8 Å². The van der Waals surface area contributed by atoms with Crippen molar-refractivity contribution in [3.05, 3.63) is 24.3 Å². The van der Waals surface area contributed by atoms with Gasteiger partial charge in [-0.3, -0.25) is 4.79 Å². The molecular weight excluding hydrogens is 254 g/mol. The minimum absolute atomic E-state index is 0.156. The molecule has 0 aliphatic heterocycles. The molecule has 7 heteroatoms. The van der Waals surface area contributed by atoms with Gasteiger partial charge in [0.15, 0.2) is 0 Å². The molecule has 0 aliphatic carbocycles. The fourth-order valence-corrected chi connectivity index (χ4v) is 2.29. The van der Waals surface area contributed by atoms with E-state index in [1.54, 1.807) is 13.8 Å². The van der Waals surface area contributed by atoms with E-state index in [0.29, 0.717) is 12.2 Å². The van der Waals surface area contributed by atoms with Crippen LogP contribution in [0.5, 0.6) is 0 Å². The van der Waals surface area contributed by atoms with Gasteiger partial charge in [0.2, 0.25) is 15.9 Å². The van der Waals surface area contributed by atoms with Crippen LogP contribution < -0.4 is 15.8 Å². The highest BCUT2D eigenvalue weighted by Gasteiger charge is 2.13. The summed E-state index contributed by atoms with van der Waals surface area (Å²) in [6.07, 6.45) is 0. The Morgan fingerprint density at radius 3 is 2.33 bits per heavy atom. The maximum Gasteiger partial charge on any atom is 0.240 e. The van der Waals surface area contributed by atoms with Crippen LogP contribution in [0.1, 0.15) is 13.8 Å². The highest BCUT2D eigenvalue weighted by atomic mass is 32.2. The summed E-state index contributed by atoms with van der Waals surface area (Å²) in [5.74, 6) is -0.322. The average molecular weight is 271 g/mol. The van der Waals surface area contributed by atoms with E-state index in [4.69, 9.17) is 5.73 Å². The molecule has 4 N–H and O–H groups in total. The van der Waals surface area contributed by atoms with Crippen molar-refractivity contribution in [3.8, 4) is 0 Å². The Morgan fingerprint density at radius 1 is 1.33 bits per heavy atom. The maximum absolute atomic E-state index is 11.7. The van der Waals surface area contributed by atoms with Crippen molar-refractivity contribution < 1.29 is 13.2 Å². The minimum Gasteiger partial charge on any atom is -0.325 e. The monoisotopic (exact) mass is 271 g/mol. The van der Waals surface area contributed by atoms with Crippen LogP contribution in [0.4, 0.5) is 5.69 Å². The van der Waals surface area contributed by atoms with E-state index in [9.17, 15) is 13.2 Å². The molecule has 1 amide bonds. The van der Waals surface area contributed by atoms with Gasteiger partial charge in [-0.25, -0.2) is 13.1 Å². The van der Waals surface area contributed by atoms with Crippen LogP contribution >= 0.6 is 0 Å². The van der Waals surface area contributed by atoms with Gasteiger partial charge in [-0.2, -0.15) is 0 Å². The van der Waals surface area contributed by atoms with Crippen molar-refractivity contribution in [2.75, 3.05) is 11.9 Å². The summed E-state index contributed by atoms with van der Waals surface area (Å²) in [7, 11) is -3.46. The standard InChI is InChI=1S/C11H17N3O3S/c1-3-13-18(16,17)10-6-4-9(5-7-10)14-11(15)8(2)12/h4-8,13H,3,12H2,1-2H3,(H,14,15). The van der Waals surface area contributed by atoms with Crippen LogP contribution in [0.3, 0.4) is 0 Å². The number of carbonyl (C=O) groups excluding carboxylic acids is 1. The van der Waals surface area contributed by atoms with Gasteiger partial charge in [0.1, 0.15) is 0 Å². The van der Waals surface area contributed by atoms with Crippen molar-refractivity contribution in [1.29, 1.82) is 0 Å². The van der Waals surface area contributed by atoms with Gasteiger partial charge in [0, 0.05) is 12.2 Å². The van der Waals surface area contributed by atoms with Gasteiger partial charge >= 0.3 is 0 Å². The summed E-state index contributed by atoms with van der Waals surface area (Å²) in [5, 5.41) is 2.57. The molecule has 0 fully saturated rings. The molecule has 0 saturated heterocycles. The molecule has 1 aromatic rings. The molecular formula is C11H17N3O3S. The molecule has 0 heterocycles. The Hall–Kier alpha value is -1.44. The van der Waals surface area contributed by atoms with Gasteiger partial charge in [0.25, 0.3) is 0 Å². The molecule has 18 heavy (non-hydrogen) atoms. The van der Waals surface area contributed by atoms with E-state index in [-0.39, 0.29) is 10.8 Å². The number of nitrogens with one attached hydrogen (secondary N) is 2. The smallest absolute Gasteiger partial charge is 0.240 e. The van der Waals surface area contributed by atoms with E-state index >= 15 is 0 Å². The van der Waals surface area contributed by atoms with Gasteiger partial charge in [0.05, 0.1) is 10.9 Å². The summed E-state index contributed by atoms with van der Waals surface area (Å²) in [6.45, 7) is 3.60. The molecule has 1 atom stereocenters. The zero-order valence-electron chi connectivity index (χ0n) is 10.3. The number of rotatable bonds is 5. The van der Waals surface area contributed by atoms with E-state index in [2.05, 4.69) is 10.0 Å². The Bertz CT molecular complexity index is 509. The van der Waals surface area contributed by atoms with Gasteiger partial charge in [-0.1, -0.05) is 6.92 Å². The minimum atomic E-state index is -3.46. The van der Waals surface area contributed by atoms with Crippen molar-refractivity contribution in [1.82, 2.24) is 4.72 Å². The first kappa shape index (κ1) is 14.6.